The molecule has 6 rings (SSSR count). The van der Waals surface area contributed by atoms with Crippen LogP contribution in [0, 0.1) is 12.7 Å². The van der Waals surface area contributed by atoms with Crippen molar-refractivity contribution in [2.24, 2.45) is 0 Å². The summed E-state index contributed by atoms with van der Waals surface area (Å²) in [4.78, 5) is 31.6. The molecule has 1 atom stereocenters. The van der Waals surface area contributed by atoms with Gasteiger partial charge in [0.1, 0.15) is 23.6 Å². The Morgan fingerprint density at radius 3 is 2.65 bits per heavy atom. The number of H-pyrrole nitrogens is 1. The van der Waals surface area contributed by atoms with Crippen LogP contribution in [0.2, 0.25) is 0 Å². The van der Waals surface area contributed by atoms with Gasteiger partial charge in [0.15, 0.2) is 17.5 Å². The van der Waals surface area contributed by atoms with Gasteiger partial charge in [-0.05, 0) is 57.2 Å². The maximum Gasteiger partial charge on any atom is 0.252 e. The van der Waals surface area contributed by atoms with Crippen LogP contribution in [0.4, 0.5) is 21.8 Å². The number of halogens is 1. The van der Waals surface area contributed by atoms with Crippen molar-refractivity contribution in [2.45, 2.75) is 57.1 Å². The lowest BCUT2D eigenvalue weighted by molar-refractivity contribution is -0.148. The number of aromatic nitrogens is 8. The number of hydrogen-bond acceptors (Lipinski definition) is 10. The monoisotopic (exact) mass is 585 g/mol. The summed E-state index contributed by atoms with van der Waals surface area (Å²) in [7, 11) is 1.57. The summed E-state index contributed by atoms with van der Waals surface area (Å²) in [6.07, 6.45) is 7.76. The van der Waals surface area contributed by atoms with Crippen molar-refractivity contribution >= 4 is 34.3 Å². The molecule has 5 aromatic rings. The summed E-state index contributed by atoms with van der Waals surface area (Å²) < 4.78 is 20.6. The van der Waals surface area contributed by atoms with Crippen molar-refractivity contribution < 1.29 is 13.9 Å². The van der Waals surface area contributed by atoms with Crippen molar-refractivity contribution in [2.75, 3.05) is 18.2 Å². The third-order valence-corrected chi connectivity index (χ3v) is 8.03. The standard InChI is InChI=1S/C29H32FN11O2/c1-16-10-23(40-39-16)37-22-11-21-26(33-15-34-27(21)31)25(38-22)18-6-8-29(43-3,9-7-18)28(42)36-17(2)19-4-5-24(32-12-19)41-14-20(30)13-35-41/h4-5,10-15,17-18H,6-9H2,1-3H3,(H,36,42)(H2,31,33,34)(H2,37,38,39,40)/t17-,18-,29+/m0/s1. The Kier molecular flexibility index (Phi) is 7.44. The number of rotatable bonds is 8. The van der Waals surface area contributed by atoms with E-state index in [2.05, 4.69) is 40.9 Å². The number of pyridine rings is 2. The number of carbonyl (C=O) groups excluding carboxylic acids is 1. The van der Waals surface area contributed by atoms with Crippen molar-refractivity contribution in [3.8, 4) is 5.82 Å². The fourth-order valence-corrected chi connectivity index (χ4v) is 5.58. The molecule has 0 unspecified atom stereocenters. The molecule has 1 aliphatic carbocycles. The number of hydrogen-bond donors (Lipinski definition) is 4. The quantitative estimate of drug-likeness (QED) is 0.208. The van der Waals surface area contributed by atoms with Gasteiger partial charge in [0.25, 0.3) is 5.91 Å². The number of methoxy groups -OCH3 is 1. The van der Waals surface area contributed by atoms with E-state index in [9.17, 15) is 9.18 Å². The zero-order valence-corrected chi connectivity index (χ0v) is 24.0. The highest BCUT2D eigenvalue weighted by Crippen LogP contribution is 2.42. The molecule has 43 heavy (non-hydrogen) atoms. The fraction of sp³-hybridized carbons (Fsp3) is 0.345. The molecule has 0 aliphatic heterocycles. The lowest BCUT2D eigenvalue weighted by atomic mass is 9.76. The molecule has 5 aromatic heterocycles. The van der Waals surface area contributed by atoms with Gasteiger partial charge in [-0.1, -0.05) is 6.07 Å². The van der Waals surface area contributed by atoms with Gasteiger partial charge >= 0.3 is 0 Å². The van der Waals surface area contributed by atoms with Crippen LogP contribution in [-0.4, -0.2) is 58.5 Å². The van der Waals surface area contributed by atoms with E-state index in [4.69, 9.17) is 15.5 Å². The summed E-state index contributed by atoms with van der Waals surface area (Å²) in [5, 5.41) is 18.1. The summed E-state index contributed by atoms with van der Waals surface area (Å²) in [5.74, 6) is 1.46. The van der Waals surface area contributed by atoms with Crippen molar-refractivity contribution in [1.29, 1.82) is 0 Å². The van der Waals surface area contributed by atoms with Crippen molar-refractivity contribution in [3.63, 3.8) is 0 Å². The number of carbonyl (C=O) groups is 1. The summed E-state index contributed by atoms with van der Waals surface area (Å²) in [5.41, 5.74) is 8.45. The topological polar surface area (TPSA) is 174 Å². The predicted octanol–water partition coefficient (Wildman–Crippen LogP) is 4.02. The Morgan fingerprint density at radius 1 is 1.19 bits per heavy atom. The molecule has 5 N–H and O–H groups in total. The molecule has 1 amide bonds. The lowest BCUT2D eigenvalue weighted by Crippen LogP contribution is -2.50. The second-order valence-electron chi connectivity index (χ2n) is 10.8. The number of ether oxygens (including phenoxy) is 1. The van der Waals surface area contributed by atoms with Gasteiger partial charge in [-0.3, -0.25) is 9.89 Å². The maximum atomic E-state index is 13.6. The average Bonchev–Trinajstić information content (AvgIpc) is 3.64. The molecule has 14 heteroatoms. The number of fused-ring (bicyclic) bond motifs is 1. The molecule has 222 valence electrons. The Balaban J connectivity index is 1.17. The fourth-order valence-electron chi connectivity index (χ4n) is 5.58. The molecular formula is C29H32FN11O2. The van der Waals surface area contributed by atoms with Crippen molar-refractivity contribution in [3.05, 3.63) is 72.0 Å². The van der Waals surface area contributed by atoms with Gasteiger partial charge in [-0.2, -0.15) is 10.2 Å². The van der Waals surface area contributed by atoms with Crippen LogP contribution in [0.15, 0.2) is 49.2 Å². The molecular weight excluding hydrogens is 553 g/mol. The van der Waals surface area contributed by atoms with Crippen LogP contribution in [0.5, 0.6) is 0 Å². The molecule has 1 fully saturated rings. The molecule has 13 nitrogen and oxygen atoms in total. The molecule has 0 bridgehead atoms. The maximum absolute atomic E-state index is 13.6. The van der Waals surface area contributed by atoms with Crippen LogP contribution in [-0.2, 0) is 9.53 Å². The summed E-state index contributed by atoms with van der Waals surface area (Å²) in [6, 6.07) is 6.94. The minimum atomic E-state index is -0.989. The number of aryl methyl sites for hydroxylation is 1. The number of anilines is 3. The zero-order chi connectivity index (χ0) is 30.1. The number of aromatic amines is 1. The highest BCUT2D eigenvalue weighted by atomic mass is 19.1. The predicted molar refractivity (Wildman–Crippen MR) is 157 cm³/mol. The minimum absolute atomic E-state index is 0.0249. The molecule has 0 spiro atoms. The van der Waals surface area contributed by atoms with Crippen molar-refractivity contribution in [1.82, 2.24) is 45.2 Å². The second kappa shape index (κ2) is 11.4. The van der Waals surface area contributed by atoms with Gasteiger partial charge in [-0.25, -0.2) is 29.0 Å². The van der Waals surface area contributed by atoms with Gasteiger partial charge in [0.05, 0.1) is 29.6 Å². The van der Waals surface area contributed by atoms with E-state index in [0.717, 1.165) is 23.1 Å². The molecule has 0 saturated heterocycles. The lowest BCUT2D eigenvalue weighted by Gasteiger charge is -2.38. The molecule has 1 aliphatic rings. The highest BCUT2D eigenvalue weighted by molar-refractivity contribution is 5.92. The van der Waals surface area contributed by atoms with Gasteiger partial charge in [0.2, 0.25) is 0 Å². The van der Waals surface area contributed by atoms with Gasteiger partial charge in [-0.15, -0.1) is 0 Å². The van der Waals surface area contributed by atoms with E-state index < -0.39 is 11.4 Å². The molecule has 5 heterocycles. The average molecular weight is 586 g/mol. The van der Waals surface area contributed by atoms with Gasteiger partial charge in [0, 0.05) is 36.4 Å². The number of nitrogens with one attached hydrogen (secondary N) is 3. The zero-order valence-electron chi connectivity index (χ0n) is 24.0. The van der Waals surface area contributed by atoms with Crippen LogP contribution >= 0.6 is 0 Å². The third kappa shape index (κ3) is 5.60. The van der Waals surface area contributed by atoms with Crippen LogP contribution in [0.1, 0.15) is 61.5 Å². The first-order valence-corrected chi connectivity index (χ1v) is 14.0. The summed E-state index contributed by atoms with van der Waals surface area (Å²) in [6.45, 7) is 3.81. The second-order valence-corrected chi connectivity index (χ2v) is 10.8. The van der Waals surface area contributed by atoms with E-state index in [1.54, 1.807) is 19.4 Å². The third-order valence-electron chi connectivity index (χ3n) is 8.03. The number of amides is 1. The number of nitrogens with two attached hydrogens (primary N) is 1. The van der Waals surface area contributed by atoms with Crippen LogP contribution in [0.25, 0.3) is 16.7 Å². The van der Waals surface area contributed by atoms with E-state index in [1.165, 1.54) is 17.2 Å². The SMILES string of the molecule is CO[C@]1(C(=O)N[C@@H](C)c2ccc(-n3cc(F)cn3)nc2)CC[C@H](c2nc(Nc3cc(C)[nH]n3)cc3c(N)ncnc32)CC1. The van der Waals surface area contributed by atoms with E-state index in [-0.39, 0.29) is 17.9 Å². The minimum Gasteiger partial charge on any atom is -0.383 e. The Morgan fingerprint density at radius 2 is 2.00 bits per heavy atom. The van der Waals surface area contributed by atoms with E-state index in [0.29, 0.717) is 59.9 Å². The molecule has 0 aromatic carbocycles. The van der Waals surface area contributed by atoms with Crippen LogP contribution in [0.3, 0.4) is 0 Å². The highest BCUT2D eigenvalue weighted by Gasteiger charge is 2.43. The Labute approximate surface area is 246 Å². The number of nitrogen functional groups attached to an aromatic ring is 1. The number of nitrogens with zero attached hydrogens (tertiary/aromatic N) is 7. The normalized spacial score (nSPS) is 19.3. The Bertz CT molecular complexity index is 1760. The smallest absolute Gasteiger partial charge is 0.252 e. The largest absolute Gasteiger partial charge is 0.383 e. The van der Waals surface area contributed by atoms with Gasteiger partial charge < -0.3 is 21.1 Å². The first-order valence-electron chi connectivity index (χ1n) is 14.0. The molecule has 1 saturated carbocycles. The Hall–Kier alpha value is -4.98. The van der Waals surface area contributed by atoms with E-state index >= 15 is 0 Å². The first kappa shape index (κ1) is 28.2. The van der Waals surface area contributed by atoms with Crippen LogP contribution < -0.4 is 16.4 Å². The summed E-state index contributed by atoms with van der Waals surface area (Å²) >= 11 is 0. The first-order chi connectivity index (χ1) is 20.7. The van der Waals surface area contributed by atoms with E-state index in [1.807, 2.05) is 32.0 Å². The molecule has 0 radical (unpaired) electrons.